The van der Waals surface area contributed by atoms with E-state index in [0.717, 1.165) is 43.2 Å². The molecule has 6 nitrogen and oxygen atoms in total. The van der Waals surface area contributed by atoms with Gasteiger partial charge < -0.3 is 34.5 Å². The molecule has 2 aromatic carbocycles. The maximum Gasteiger partial charge on any atom is 0.260 e. The van der Waals surface area contributed by atoms with Crippen LogP contribution in [0.4, 0.5) is 5.69 Å². The van der Waals surface area contributed by atoms with E-state index in [1.807, 2.05) is 56.3 Å². The molecule has 8 heteroatoms. The lowest BCUT2D eigenvalue weighted by Crippen LogP contribution is -3.00. The Morgan fingerprint density at radius 1 is 0.875 bits per heavy atom. The van der Waals surface area contributed by atoms with E-state index in [0.29, 0.717) is 18.7 Å². The lowest BCUT2D eigenvalue weighted by atomic mass is 9.77. The Kier molecular flexibility index (Phi) is 8.57. The third-order valence-corrected chi connectivity index (χ3v) is 6.29. The Hall–Kier alpha value is -2.28. The minimum atomic E-state index is -0.687. The molecular formula is C24H29Cl2N3O3-2. The molecule has 0 bridgehead atoms. The van der Waals surface area contributed by atoms with E-state index in [4.69, 9.17) is 4.74 Å². The van der Waals surface area contributed by atoms with Gasteiger partial charge >= 0.3 is 0 Å². The van der Waals surface area contributed by atoms with Crippen LogP contribution in [0.15, 0.2) is 48.5 Å². The summed E-state index contributed by atoms with van der Waals surface area (Å²) in [4.78, 5) is 32.1. The molecule has 2 aliphatic rings. The normalized spacial score (nSPS) is 17.8. The second kappa shape index (κ2) is 10.6. The summed E-state index contributed by atoms with van der Waals surface area (Å²) in [5.74, 6) is 0.595. The average molecular weight is 478 g/mol. The zero-order chi connectivity index (χ0) is 21.3. The molecule has 2 heterocycles. The number of hydrogen-bond donors (Lipinski definition) is 0. The van der Waals surface area contributed by atoms with Crippen molar-refractivity contribution in [2.24, 2.45) is 0 Å². The summed E-state index contributed by atoms with van der Waals surface area (Å²) in [6.45, 7) is 8.45. The highest BCUT2D eigenvalue weighted by Crippen LogP contribution is 2.34. The van der Waals surface area contributed by atoms with Crippen LogP contribution < -0.4 is 34.5 Å². The predicted molar refractivity (Wildman–Crippen MR) is 117 cm³/mol. The van der Waals surface area contributed by atoms with Gasteiger partial charge in [0.05, 0.1) is 18.2 Å². The minimum absolute atomic E-state index is 0. The van der Waals surface area contributed by atoms with Crippen LogP contribution in [0.5, 0.6) is 5.75 Å². The van der Waals surface area contributed by atoms with Crippen LogP contribution in [0.3, 0.4) is 0 Å². The fraction of sp³-hybridized carbons (Fsp3) is 0.417. The van der Waals surface area contributed by atoms with Gasteiger partial charge in [0.15, 0.2) is 0 Å². The SMILES string of the molecule is COc1ccccc1N1CCN(CCN2C(=O)c3ccccc3C(C)(C)C2=O)CC1.[Cl-].[Cl-]. The van der Waals surface area contributed by atoms with Crippen LogP contribution in [0.2, 0.25) is 0 Å². The number of ether oxygens (including phenoxy) is 1. The fourth-order valence-electron chi connectivity index (χ4n) is 4.45. The molecule has 4 rings (SSSR count). The second-order valence-corrected chi connectivity index (χ2v) is 8.43. The standard InChI is InChI=1S/C24H29N3O3.2ClH/c1-24(2)19-9-5-4-8-18(19)22(28)27(23(24)29)17-14-25-12-15-26(16-13-25)20-10-6-7-11-21(20)30-3;;/h4-11H,12-17H2,1-3H3;2*1H/p-2. The summed E-state index contributed by atoms with van der Waals surface area (Å²) in [7, 11) is 1.70. The largest absolute Gasteiger partial charge is 1.00 e. The summed E-state index contributed by atoms with van der Waals surface area (Å²) in [5, 5.41) is 0. The van der Waals surface area contributed by atoms with E-state index in [2.05, 4.69) is 15.9 Å². The van der Waals surface area contributed by atoms with Crippen LogP contribution in [0.25, 0.3) is 0 Å². The van der Waals surface area contributed by atoms with Gasteiger partial charge in [-0.2, -0.15) is 0 Å². The Morgan fingerprint density at radius 3 is 2.19 bits per heavy atom. The summed E-state index contributed by atoms with van der Waals surface area (Å²) in [6, 6.07) is 15.5. The first-order chi connectivity index (χ1) is 14.4. The molecule has 174 valence electrons. The topological polar surface area (TPSA) is 53.1 Å². The Bertz CT molecular complexity index is 959. The number of piperazine rings is 1. The number of nitrogens with zero attached hydrogens (tertiary/aromatic N) is 3. The van der Waals surface area contributed by atoms with Gasteiger partial charge in [-0.1, -0.05) is 30.3 Å². The predicted octanol–water partition coefficient (Wildman–Crippen LogP) is -3.21. The number of rotatable bonds is 5. The number of fused-ring (bicyclic) bond motifs is 1. The molecule has 2 aromatic rings. The zero-order valence-electron chi connectivity index (χ0n) is 18.7. The number of methoxy groups -OCH3 is 1. The highest BCUT2D eigenvalue weighted by atomic mass is 35.5. The molecule has 1 fully saturated rings. The molecule has 0 radical (unpaired) electrons. The number of benzene rings is 2. The molecule has 0 aromatic heterocycles. The number of imide groups is 1. The van der Waals surface area contributed by atoms with Gasteiger partial charge in [-0.05, 0) is 37.6 Å². The smallest absolute Gasteiger partial charge is 0.260 e. The number of para-hydroxylation sites is 2. The van der Waals surface area contributed by atoms with Crippen molar-refractivity contribution in [2.75, 3.05) is 51.3 Å². The molecule has 0 aliphatic carbocycles. The zero-order valence-corrected chi connectivity index (χ0v) is 20.2. The summed E-state index contributed by atoms with van der Waals surface area (Å²) < 4.78 is 5.49. The second-order valence-electron chi connectivity index (χ2n) is 8.43. The molecule has 1 saturated heterocycles. The Balaban J connectivity index is 0.00000181. The maximum atomic E-state index is 13.1. The molecule has 0 atom stereocenters. The number of amides is 2. The highest BCUT2D eigenvalue weighted by Gasteiger charge is 2.44. The van der Waals surface area contributed by atoms with Crippen LogP contribution in [-0.2, 0) is 10.2 Å². The molecule has 0 unspecified atom stereocenters. The van der Waals surface area contributed by atoms with Crippen LogP contribution in [-0.4, -0.2) is 68.0 Å². The maximum absolute atomic E-state index is 13.1. The van der Waals surface area contributed by atoms with Gasteiger partial charge in [0, 0.05) is 44.8 Å². The van der Waals surface area contributed by atoms with Crippen LogP contribution in [0.1, 0.15) is 29.8 Å². The van der Waals surface area contributed by atoms with E-state index >= 15 is 0 Å². The Morgan fingerprint density at radius 2 is 1.50 bits per heavy atom. The average Bonchev–Trinajstić information content (AvgIpc) is 2.78. The van der Waals surface area contributed by atoms with Gasteiger partial charge in [0.25, 0.3) is 5.91 Å². The molecule has 2 aliphatic heterocycles. The molecular weight excluding hydrogens is 449 g/mol. The third-order valence-electron chi connectivity index (χ3n) is 6.29. The molecule has 2 amide bonds. The van der Waals surface area contributed by atoms with Gasteiger partial charge in [-0.15, -0.1) is 0 Å². The van der Waals surface area contributed by atoms with Crippen molar-refractivity contribution in [3.8, 4) is 5.75 Å². The van der Waals surface area contributed by atoms with E-state index in [-0.39, 0.29) is 36.6 Å². The lowest BCUT2D eigenvalue weighted by molar-refractivity contribution is -0.134. The van der Waals surface area contributed by atoms with Crippen molar-refractivity contribution in [1.29, 1.82) is 0 Å². The Labute approximate surface area is 202 Å². The van der Waals surface area contributed by atoms with E-state index in [9.17, 15) is 9.59 Å². The first-order valence-electron chi connectivity index (χ1n) is 10.5. The number of hydrogen-bond acceptors (Lipinski definition) is 5. The van der Waals surface area contributed by atoms with E-state index in [1.165, 1.54) is 4.90 Å². The number of carbonyl (C=O) groups excluding carboxylic acids is 2. The molecule has 0 N–H and O–H groups in total. The van der Waals surface area contributed by atoms with Crippen LogP contribution in [0, 0.1) is 0 Å². The quantitative estimate of drug-likeness (QED) is 0.424. The molecule has 0 spiro atoms. The minimum Gasteiger partial charge on any atom is -1.00 e. The lowest BCUT2D eigenvalue weighted by Gasteiger charge is -2.40. The first-order valence-corrected chi connectivity index (χ1v) is 10.5. The van der Waals surface area contributed by atoms with Crippen molar-refractivity contribution >= 4 is 17.5 Å². The summed E-state index contributed by atoms with van der Waals surface area (Å²) >= 11 is 0. The number of carbonyl (C=O) groups is 2. The fourth-order valence-corrected chi connectivity index (χ4v) is 4.45. The van der Waals surface area contributed by atoms with Gasteiger partial charge in [-0.3, -0.25) is 19.4 Å². The molecule has 0 saturated carbocycles. The van der Waals surface area contributed by atoms with Crippen molar-refractivity contribution in [3.63, 3.8) is 0 Å². The van der Waals surface area contributed by atoms with E-state index < -0.39 is 5.41 Å². The molecule has 32 heavy (non-hydrogen) atoms. The highest BCUT2D eigenvalue weighted by molar-refractivity contribution is 6.12. The monoisotopic (exact) mass is 477 g/mol. The van der Waals surface area contributed by atoms with Crippen LogP contribution >= 0.6 is 0 Å². The van der Waals surface area contributed by atoms with E-state index in [1.54, 1.807) is 7.11 Å². The van der Waals surface area contributed by atoms with Gasteiger partial charge in [0.2, 0.25) is 5.91 Å². The van der Waals surface area contributed by atoms with Crippen molar-refractivity contribution in [1.82, 2.24) is 9.80 Å². The third kappa shape index (κ3) is 4.72. The summed E-state index contributed by atoms with van der Waals surface area (Å²) in [6.07, 6.45) is 0. The van der Waals surface area contributed by atoms with Gasteiger partial charge in [-0.25, -0.2) is 0 Å². The summed E-state index contributed by atoms with van der Waals surface area (Å²) in [5.41, 5.74) is 1.89. The van der Waals surface area contributed by atoms with Crippen molar-refractivity contribution in [3.05, 3.63) is 59.7 Å². The number of halogens is 2. The number of anilines is 1. The van der Waals surface area contributed by atoms with Crippen molar-refractivity contribution < 1.29 is 39.1 Å². The van der Waals surface area contributed by atoms with Gasteiger partial charge in [0.1, 0.15) is 5.75 Å². The van der Waals surface area contributed by atoms with Crippen molar-refractivity contribution in [2.45, 2.75) is 19.3 Å². The first kappa shape index (κ1) is 26.0.